The summed E-state index contributed by atoms with van der Waals surface area (Å²) >= 11 is 0. The maximum absolute atomic E-state index is 10.6. The molecule has 5 rings (SSSR count). The van der Waals surface area contributed by atoms with Crippen molar-refractivity contribution >= 4 is 5.57 Å². The molecule has 0 aliphatic heterocycles. The molecule has 7 atom stereocenters. The third-order valence-electron chi connectivity index (χ3n) is 9.14. The summed E-state index contributed by atoms with van der Waals surface area (Å²) in [4.78, 5) is 0. The number of rotatable bonds is 1. The third-order valence-corrected chi connectivity index (χ3v) is 9.14. The standard InChI is InChI=1S/C26H33NO/c1-25(28)13-11-20-19(15-25)7-8-22-21(20)12-14-26(2)23(9-10-24(22)26)18-5-3-17(16-27)4-6-18/h3-6,9,19-22,24,28H,7-8,10-15H2,1-2H3/t19-,20+,21-,22-,24+,25-,26-/m1/s1. The summed E-state index contributed by atoms with van der Waals surface area (Å²) in [6.07, 6.45) is 12.3. The van der Waals surface area contributed by atoms with Gasteiger partial charge in [0.1, 0.15) is 0 Å². The van der Waals surface area contributed by atoms with Crippen LogP contribution in [0.3, 0.4) is 0 Å². The average Bonchev–Trinajstić information content (AvgIpc) is 3.04. The molecule has 2 nitrogen and oxygen atoms in total. The molecule has 0 aromatic heterocycles. The second-order valence-electron chi connectivity index (χ2n) is 10.7. The van der Waals surface area contributed by atoms with Crippen molar-refractivity contribution in [1.29, 1.82) is 5.26 Å². The number of allylic oxidation sites excluding steroid dienone is 2. The second-order valence-corrected chi connectivity index (χ2v) is 10.7. The Bertz CT molecular complexity index is 829. The molecule has 4 aliphatic rings. The highest BCUT2D eigenvalue weighted by atomic mass is 16.3. The first-order valence-electron chi connectivity index (χ1n) is 11.3. The second kappa shape index (κ2) is 6.46. The average molecular weight is 376 g/mol. The molecule has 148 valence electrons. The maximum Gasteiger partial charge on any atom is 0.0991 e. The number of benzene rings is 1. The molecule has 1 aromatic rings. The molecular weight excluding hydrogens is 342 g/mol. The molecule has 0 unspecified atom stereocenters. The highest BCUT2D eigenvalue weighted by Gasteiger charge is 2.55. The summed E-state index contributed by atoms with van der Waals surface area (Å²) in [6, 6.07) is 10.5. The fourth-order valence-corrected chi connectivity index (χ4v) is 7.82. The lowest BCUT2D eigenvalue weighted by atomic mass is 9.49. The van der Waals surface area contributed by atoms with Gasteiger partial charge in [-0.05, 0) is 117 Å². The fraction of sp³-hybridized carbons (Fsp3) is 0.654. The molecule has 3 fully saturated rings. The van der Waals surface area contributed by atoms with Gasteiger partial charge in [-0.1, -0.05) is 25.1 Å². The molecule has 0 heterocycles. The summed E-state index contributed by atoms with van der Waals surface area (Å²) in [5.41, 5.74) is 3.48. The fourth-order valence-electron chi connectivity index (χ4n) is 7.82. The predicted octanol–water partition coefficient (Wildman–Crippen LogP) is 5.96. The summed E-state index contributed by atoms with van der Waals surface area (Å²) in [5, 5.41) is 19.7. The molecule has 0 radical (unpaired) electrons. The van der Waals surface area contributed by atoms with Gasteiger partial charge in [0.15, 0.2) is 0 Å². The third kappa shape index (κ3) is 2.78. The zero-order chi connectivity index (χ0) is 19.5. The minimum Gasteiger partial charge on any atom is -0.390 e. The maximum atomic E-state index is 10.6. The first-order chi connectivity index (χ1) is 13.4. The monoisotopic (exact) mass is 375 g/mol. The van der Waals surface area contributed by atoms with Crippen LogP contribution in [-0.2, 0) is 0 Å². The molecule has 28 heavy (non-hydrogen) atoms. The van der Waals surface area contributed by atoms with E-state index < -0.39 is 5.60 Å². The van der Waals surface area contributed by atoms with Crippen molar-refractivity contribution in [3.63, 3.8) is 0 Å². The number of nitrogens with zero attached hydrogens (tertiary/aromatic N) is 1. The van der Waals surface area contributed by atoms with Crippen molar-refractivity contribution in [2.24, 2.45) is 35.0 Å². The Morgan fingerprint density at radius 3 is 2.46 bits per heavy atom. The van der Waals surface area contributed by atoms with Gasteiger partial charge in [0.25, 0.3) is 0 Å². The Labute approximate surface area is 169 Å². The Kier molecular flexibility index (Phi) is 4.25. The van der Waals surface area contributed by atoms with E-state index in [1.165, 1.54) is 49.7 Å². The van der Waals surface area contributed by atoms with Crippen molar-refractivity contribution in [3.8, 4) is 6.07 Å². The Balaban J connectivity index is 1.38. The van der Waals surface area contributed by atoms with E-state index in [1.54, 1.807) is 0 Å². The number of hydrogen-bond acceptors (Lipinski definition) is 2. The van der Waals surface area contributed by atoms with Crippen molar-refractivity contribution in [1.82, 2.24) is 0 Å². The summed E-state index contributed by atoms with van der Waals surface area (Å²) in [7, 11) is 0. The molecule has 1 aromatic carbocycles. The van der Waals surface area contributed by atoms with E-state index in [-0.39, 0.29) is 0 Å². The normalized spacial score (nSPS) is 44.6. The van der Waals surface area contributed by atoms with Gasteiger partial charge in [0.2, 0.25) is 0 Å². The first-order valence-corrected chi connectivity index (χ1v) is 11.3. The van der Waals surface area contributed by atoms with Gasteiger partial charge in [-0.2, -0.15) is 5.26 Å². The topological polar surface area (TPSA) is 44.0 Å². The molecule has 0 bridgehead atoms. The Morgan fingerprint density at radius 2 is 1.71 bits per heavy atom. The summed E-state index contributed by atoms with van der Waals surface area (Å²) < 4.78 is 0. The lowest BCUT2D eigenvalue weighted by Gasteiger charge is -2.56. The van der Waals surface area contributed by atoms with Crippen LogP contribution in [0.15, 0.2) is 30.3 Å². The van der Waals surface area contributed by atoms with Crippen LogP contribution in [-0.4, -0.2) is 10.7 Å². The zero-order valence-corrected chi connectivity index (χ0v) is 17.3. The van der Waals surface area contributed by atoms with Crippen LogP contribution in [0, 0.1) is 46.3 Å². The van der Waals surface area contributed by atoms with E-state index in [0.29, 0.717) is 5.41 Å². The van der Waals surface area contributed by atoms with E-state index in [1.807, 2.05) is 12.1 Å². The van der Waals surface area contributed by atoms with Gasteiger partial charge in [-0.3, -0.25) is 0 Å². The number of hydrogen-bond donors (Lipinski definition) is 1. The van der Waals surface area contributed by atoms with Gasteiger partial charge >= 0.3 is 0 Å². The van der Waals surface area contributed by atoms with Crippen LogP contribution < -0.4 is 0 Å². The van der Waals surface area contributed by atoms with Gasteiger partial charge < -0.3 is 5.11 Å². The highest BCUT2D eigenvalue weighted by molar-refractivity contribution is 5.73. The lowest BCUT2D eigenvalue weighted by molar-refractivity contribution is -0.0886. The molecule has 1 N–H and O–H groups in total. The van der Waals surface area contributed by atoms with Crippen molar-refractivity contribution in [3.05, 3.63) is 41.5 Å². The van der Waals surface area contributed by atoms with Crippen molar-refractivity contribution in [2.45, 2.75) is 70.8 Å². The van der Waals surface area contributed by atoms with E-state index in [2.05, 4.69) is 38.1 Å². The first kappa shape index (κ1) is 18.4. The molecule has 0 amide bonds. The van der Waals surface area contributed by atoms with Crippen LogP contribution in [0.25, 0.3) is 5.57 Å². The number of fused-ring (bicyclic) bond motifs is 5. The molecule has 4 aliphatic carbocycles. The Morgan fingerprint density at radius 1 is 0.964 bits per heavy atom. The molecular formula is C26H33NO. The van der Waals surface area contributed by atoms with Crippen LogP contribution in [0.5, 0.6) is 0 Å². The largest absolute Gasteiger partial charge is 0.390 e. The molecule has 3 saturated carbocycles. The SMILES string of the molecule is C[C@@]1(O)CC[C@H]2[C@H](CC[C@@H]3[C@@H]2CC[C@]2(C)C(c4ccc(C#N)cc4)=CC[C@@H]32)C1. The summed E-state index contributed by atoms with van der Waals surface area (Å²) in [5.74, 6) is 4.11. The predicted molar refractivity (Wildman–Crippen MR) is 112 cm³/mol. The number of aliphatic hydroxyl groups is 1. The van der Waals surface area contributed by atoms with Gasteiger partial charge in [-0.25, -0.2) is 0 Å². The van der Waals surface area contributed by atoms with E-state index in [9.17, 15) is 5.11 Å². The van der Waals surface area contributed by atoms with Crippen LogP contribution in [0.2, 0.25) is 0 Å². The van der Waals surface area contributed by atoms with Crippen LogP contribution in [0.1, 0.15) is 76.3 Å². The van der Waals surface area contributed by atoms with Gasteiger partial charge in [0.05, 0.1) is 17.2 Å². The lowest BCUT2D eigenvalue weighted by Crippen LogP contribution is -2.49. The Hall–Kier alpha value is -1.59. The minimum atomic E-state index is -0.422. The van der Waals surface area contributed by atoms with E-state index in [0.717, 1.165) is 48.0 Å². The van der Waals surface area contributed by atoms with Crippen LogP contribution in [0.4, 0.5) is 0 Å². The quantitative estimate of drug-likeness (QED) is 0.658. The van der Waals surface area contributed by atoms with Crippen molar-refractivity contribution in [2.75, 3.05) is 0 Å². The minimum absolute atomic E-state index is 0.294. The van der Waals surface area contributed by atoms with Gasteiger partial charge in [0, 0.05) is 0 Å². The van der Waals surface area contributed by atoms with Crippen molar-refractivity contribution < 1.29 is 5.11 Å². The molecule has 0 spiro atoms. The van der Waals surface area contributed by atoms with Crippen LogP contribution >= 0.6 is 0 Å². The van der Waals surface area contributed by atoms with Gasteiger partial charge in [-0.15, -0.1) is 0 Å². The van der Waals surface area contributed by atoms with E-state index in [4.69, 9.17) is 5.26 Å². The van der Waals surface area contributed by atoms with E-state index >= 15 is 0 Å². The molecule has 2 heteroatoms. The number of nitriles is 1. The molecule has 0 saturated heterocycles. The summed E-state index contributed by atoms with van der Waals surface area (Å²) in [6.45, 7) is 4.57. The smallest absolute Gasteiger partial charge is 0.0991 e. The zero-order valence-electron chi connectivity index (χ0n) is 17.3. The highest BCUT2D eigenvalue weighted by Crippen LogP contribution is 2.64.